The van der Waals surface area contributed by atoms with Crippen molar-refractivity contribution in [3.8, 4) is 5.75 Å². The minimum absolute atomic E-state index is 0.182. The molecule has 11 heteroatoms. The largest absolute Gasteiger partial charge is 0.486 e. The highest BCUT2D eigenvalue weighted by atomic mass is 35.5. The third kappa shape index (κ3) is 4.11. The lowest BCUT2D eigenvalue weighted by Gasteiger charge is -2.37. The van der Waals surface area contributed by atoms with Gasteiger partial charge in [-0.3, -0.25) is 4.98 Å². The average Bonchev–Trinajstić information content (AvgIpc) is 2.94. The van der Waals surface area contributed by atoms with Gasteiger partial charge in [-0.1, -0.05) is 23.2 Å². The lowest BCUT2D eigenvalue weighted by molar-refractivity contribution is 0.131. The molecule has 4 rings (SSSR count). The summed E-state index contributed by atoms with van der Waals surface area (Å²) < 4.78 is 5.98. The number of piperidine rings is 1. The fourth-order valence-corrected chi connectivity index (χ4v) is 4.14. The molecule has 0 bridgehead atoms. The highest BCUT2D eigenvalue weighted by molar-refractivity contribution is 6.39. The van der Waals surface area contributed by atoms with Crippen LogP contribution in [0.15, 0.2) is 18.7 Å². The summed E-state index contributed by atoms with van der Waals surface area (Å²) >= 11 is 12.5. The van der Waals surface area contributed by atoms with Gasteiger partial charge in [0.2, 0.25) is 5.75 Å². The number of pyridine rings is 1. The van der Waals surface area contributed by atoms with Crippen molar-refractivity contribution in [3.05, 3.63) is 28.8 Å². The molecule has 9 nitrogen and oxygen atoms in total. The van der Waals surface area contributed by atoms with Gasteiger partial charge in [-0.05, 0) is 19.3 Å². The number of likely N-dealkylation sites (tertiary alicyclic amines) is 1. The van der Waals surface area contributed by atoms with Gasteiger partial charge < -0.3 is 25.0 Å². The minimum atomic E-state index is -0.872. The fraction of sp³-hybridized carbons (Fsp3) is 0.444. The molecule has 2 aliphatic heterocycles. The molecule has 0 radical (unpaired) electrons. The van der Waals surface area contributed by atoms with E-state index < -0.39 is 6.09 Å². The Morgan fingerprint density at radius 3 is 2.59 bits per heavy atom. The molecule has 0 atom stereocenters. The van der Waals surface area contributed by atoms with Gasteiger partial charge in [0, 0.05) is 38.1 Å². The lowest BCUT2D eigenvalue weighted by atomic mass is 10.0. The number of anilines is 3. The molecule has 1 amide bonds. The van der Waals surface area contributed by atoms with Crippen molar-refractivity contribution >= 4 is 46.6 Å². The van der Waals surface area contributed by atoms with Gasteiger partial charge in [-0.15, -0.1) is 0 Å². The Labute approximate surface area is 177 Å². The fourth-order valence-electron chi connectivity index (χ4n) is 3.68. The second-order valence-corrected chi connectivity index (χ2v) is 7.69. The van der Waals surface area contributed by atoms with Gasteiger partial charge >= 0.3 is 6.09 Å². The van der Waals surface area contributed by atoms with Crippen LogP contribution in [0.3, 0.4) is 0 Å². The number of carboxylic acid groups (broad SMARTS) is 1. The smallest absolute Gasteiger partial charge is 0.407 e. The summed E-state index contributed by atoms with van der Waals surface area (Å²) in [5, 5.41) is 13.1. The number of aromatic nitrogens is 3. The van der Waals surface area contributed by atoms with Crippen LogP contribution < -0.4 is 15.0 Å². The van der Waals surface area contributed by atoms with Gasteiger partial charge in [0.15, 0.2) is 11.6 Å². The standard InChI is InChI=1S/C18H20Cl2N6O3/c19-12-8-21-9-13(20)14(12)24-16-15-17(23-10-22-16)26(4-1-7-29-15)11-2-5-25(6-3-11)18(27)28/h8-11H,1-7H2,(H,27,28)(H,21,22,23,24). The second kappa shape index (κ2) is 8.46. The summed E-state index contributed by atoms with van der Waals surface area (Å²) in [6.07, 6.45) is 5.89. The van der Waals surface area contributed by atoms with E-state index in [4.69, 9.17) is 27.9 Å². The Kier molecular flexibility index (Phi) is 5.77. The van der Waals surface area contributed by atoms with E-state index in [1.54, 1.807) is 0 Å². The molecule has 154 valence electrons. The first kappa shape index (κ1) is 19.8. The second-order valence-electron chi connectivity index (χ2n) is 6.87. The van der Waals surface area contributed by atoms with Crippen LogP contribution in [-0.2, 0) is 0 Å². The van der Waals surface area contributed by atoms with E-state index in [0.29, 0.717) is 52.8 Å². The summed E-state index contributed by atoms with van der Waals surface area (Å²) in [6, 6.07) is 0.182. The number of nitrogens with zero attached hydrogens (tertiary/aromatic N) is 5. The van der Waals surface area contributed by atoms with Gasteiger partial charge in [-0.2, -0.15) is 0 Å². The van der Waals surface area contributed by atoms with E-state index in [1.165, 1.54) is 23.6 Å². The van der Waals surface area contributed by atoms with Crippen LogP contribution in [0.5, 0.6) is 5.75 Å². The highest BCUT2D eigenvalue weighted by Gasteiger charge is 2.31. The summed E-state index contributed by atoms with van der Waals surface area (Å²) in [5.74, 6) is 1.70. The zero-order chi connectivity index (χ0) is 20.4. The molecule has 2 aromatic heterocycles. The van der Waals surface area contributed by atoms with Crippen LogP contribution in [0, 0.1) is 0 Å². The monoisotopic (exact) mass is 438 g/mol. The molecule has 0 aliphatic carbocycles. The number of hydrogen-bond donors (Lipinski definition) is 2. The van der Waals surface area contributed by atoms with Crippen LogP contribution in [0.25, 0.3) is 0 Å². The number of halogens is 2. The van der Waals surface area contributed by atoms with Crippen molar-refractivity contribution in [2.75, 3.05) is 36.5 Å². The molecule has 0 aromatic carbocycles. The predicted molar refractivity (Wildman–Crippen MR) is 110 cm³/mol. The van der Waals surface area contributed by atoms with E-state index >= 15 is 0 Å². The number of nitrogens with one attached hydrogen (secondary N) is 1. The molecule has 0 spiro atoms. The first-order valence-electron chi connectivity index (χ1n) is 9.33. The quantitative estimate of drug-likeness (QED) is 0.747. The normalized spacial score (nSPS) is 17.3. The molecule has 0 saturated carbocycles. The molecule has 1 fully saturated rings. The van der Waals surface area contributed by atoms with E-state index in [0.717, 1.165) is 25.8 Å². The first-order valence-corrected chi connectivity index (χ1v) is 10.1. The molecule has 29 heavy (non-hydrogen) atoms. The van der Waals surface area contributed by atoms with Crippen molar-refractivity contribution in [3.63, 3.8) is 0 Å². The Balaban J connectivity index is 1.62. The van der Waals surface area contributed by atoms with Crippen LogP contribution in [0.2, 0.25) is 10.0 Å². The van der Waals surface area contributed by atoms with E-state index in [-0.39, 0.29) is 6.04 Å². The van der Waals surface area contributed by atoms with Crippen LogP contribution in [0.1, 0.15) is 19.3 Å². The Morgan fingerprint density at radius 1 is 1.17 bits per heavy atom. The van der Waals surface area contributed by atoms with E-state index in [1.807, 2.05) is 0 Å². The number of amides is 1. The van der Waals surface area contributed by atoms with Gasteiger partial charge in [0.05, 0.1) is 22.3 Å². The molecule has 1 saturated heterocycles. The summed E-state index contributed by atoms with van der Waals surface area (Å²) in [7, 11) is 0. The lowest BCUT2D eigenvalue weighted by Crippen LogP contribution is -2.47. The number of hydrogen-bond acceptors (Lipinski definition) is 7. The van der Waals surface area contributed by atoms with Gasteiger partial charge in [0.25, 0.3) is 0 Å². The van der Waals surface area contributed by atoms with Crippen LogP contribution in [0.4, 0.5) is 22.1 Å². The zero-order valence-corrected chi connectivity index (χ0v) is 17.0. The zero-order valence-electron chi connectivity index (χ0n) is 15.5. The first-order chi connectivity index (χ1) is 14.0. The third-order valence-corrected chi connectivity index (χ3v) is 5.69. The Bertz CT molecular complexity index is 887. The van der Waals surface area contributed by atoms with Crippen LogP contribution in [-0.4, -0.2) is 63.3 Å². The van der Waals surface area contributed by atoms with Crippen molar-refractivity contribution in [1.82, 2.24) is 19.9 Å². The molecular weight excluding hydrogens is 419 g/mol. The SMILES string of the molecule is O=C(O)N1CCC(N2CCCOc3c(Nc4c(Cl)cncc4Cl)ncnc32)CC1. The van der Waals surface area contributed by atoms with E-state index in [2.05, 4.69) is 25.2 Å². The number of rotatable bonds is 3. The average molecular weight is 439 g/mol. The van der Waals surface area contributed by atoms with Crippen molar-refractivity contribution < 1.29 is 14.6 Å². The maximum absolute atomic E-state index is 11.2. The molecular formula is C18H20Cl2N6O3. The summed E-state index contributed by atoms with van der Waals surface area (Å²) in [5.41, 5.74) is 0.499. The molecule has 0 unspecified atom stereocenters. The molecule has 2 aliphatic rings. The highest BCUT2D eigenvalue weighted by Crippen LogP contribution is 2.40. The minimum Gasteiger partial charge on any atom is -0.486 e. The van der Waals surface area contributed by atoms with Crippen molar-refractivity contribution in [1.29, 1.82) is 0 Å². The molecule has 4 heterocycles. The maximum Gasteiger partial charge on any atom is 0.407 e. The molecule has 2 N–H and O–H groups in total. The summed E-state index contributed by atoms with van der Waals surface area (Å²) in [4.78, 5) is 27.6. The Morgan fingerprint density at radius 2 is 1.90 bits per heavy atom. The number of carbonyl (C=O) groups is 1. The van der Waals surface area contributed by atoms with Crippen molar-refractivity contribution in [2.24, 2.45) is 0 Å². The number of ether oxygens (including phenoxy) is 1. The summed E-state index contributed by atoms with van der Waals surface area (Å²) in [6.45, 7) is 2.31. The Hall–Kier alpha value is -2.52. The predicted octanol–water partition coefficient (Wildman–Crippen LogP) is 3.65. The molecule has 2 aromatic rings. The van der Waals surface area contributed by atoms with Gasteiger partial charge in [0.1, 0.15) is 6.33 Å². The van der Waals surface area contributed by atoms with Gasteiger partial charge in [-0.25, -0.2) is 14.8 Å². The number of fused-ring (bicyclic) bond motifs is 1. The van der Waals surface area contributed by atoms with E-state index in [9.17, 15) is 9.90 Å². The third-order valence-electron chi connectivity index (χ3n) is 5.12. The topological polar surface area (TPSA) is 104 Å². The van der Waals surface area contributed by atoms with Crippen LogP contribution >= 0.6 is 23.2 Å². The maximum atomic E-state index is 11.2. The van der Waals surface area contributed by atoms with Crippen molar-refractivity contribution in [2.45, 2.75) is 25.3 Å².